The molecule has 2 aromatic rings. The summed E-state index contributed by atoms with van der Waals surface area (Å²) in [5.74, 6) is 0. The van der Waals surface area contributed by atoms with Gasteiger partial charge >= 0.3 is 0 Å². The van der Waals surface area contributed by atoms with Crippen LogP contribution < -0.4 is 0 Å². The molecule has 0 amide bonds. The number of hydrogen-bond donors (Lipinski definition) is 2. The summed E-state index contributed by atoms with van der Waals surface area (Å²) >= 11 is 0. The maximum atomic E-state index is 10.00. The smallest absolute Gasteiger partial charge is 0.0811 e. The molecule has 1 aromatic heterocycles. The van der Waals surface area contributed by atoms with E-state index in [2.05, 4.69) is 4.98 Å². The molecule has 3 heteroatoms. The molecular formula is C13H15NO2. The van der Waals surface area contributed by atoms with Crippen LogP contribution in [0.25, 0.3) is 10.8 Å². The zero-order valence-corrected chi connectivity index (χ0v) is 9.00. The summed E-state index contributed by atoms with van der Waals surface area (Å²) in [7, 11) is 0. The van der Waals surface area contributed by atoms with Crippen molar-refractivity contribution < 1.29 is 10.2 Å². The Bertz CT molecular complexity index is 465. The van der Waals surface area contributed by atoms with E-state index in [1.54, 1.807) is 12.4 Å². The van der Waals surface area contributed by atoms with E-state index in [-0.39, 0.29) is 6.61 Å². The standard InChI is InChI=1S/C13H15NO2/c15-7-3-6-13(16)12-9-14-8-10-4-1-2-5-11(10)12/h1-2,4-5,8-9,13,15-16H,3,6-7H2. The molecule has 2 rings (SSSR count). The summed E-state index contributed by atoms with van der Waals surface area (Å²) in [6.45, 7) is 0.106. The van der Waals surface area contributed by atoms with Crippen LogP contribution >= 0.6 is 0 Å². The lowest BCUT2D eigenvalue weighted by Gasteiger charge is -2.12. The minimum absolute atomic E-state index is 0.106. The minimum atomic E-state index is -0.550. The highest BCUT2D eigenvalue weighted by atomic mass is 16.3. The SMILES string of the molecule is OCCCC(O)c1cncc2ccccc12. The van der Waals surface area contributed by atoms with Gasteiger partial charge in [-0.15, -0.1) is 0 Å². The normalized spacial score (nSPS) is 12.9. The summed E-state index contributed by atoms with van der Waals surface area (Å²) in [5.41, 5.74) is 0.839. The third-order valence-electron chi connectivity index (χ3n) is 2.69. The summed E-state index contributed by atoms with van der Waals surface area (Å²) in [6.07, 6.45) is 4.10. The Labute approximate surface area is 94.4 Å². The summed E-state index contributed by atoms with van der Waals surface area (Å²) < 4.78 is 0. The van der Waals surface area contributed by atoms with E-state index in [4.69, 9.17) is 5.11 Å². The Kier molecular flexibility index (Phi) is 3.49. The lowest BCUT2D eigenvalue weighted by molar-refractivity contribution is 0.153. The number of aromatic nitrogens is 1. The van der Waals surface area contributed by atoms with Gasteiger partial charge in [-0.2, -0.15) is 0 Å². The van der Waals surface area contributed by atoms with Gasteiger partial charge in [0.1, 0.15) is 0 Å². The molecule has 0 bridgehead atoms. The van der Waals surface area contributed by atoms with Crippen molar-refractivity contribution in [3.8, 4) is 0 Å². The third kappa shape index (κ3) is 2.21. The molecular weight excluding hydrogens is 202 g/mol. The van der Waals surface area contributed by atoms with Crippen molar-refractivity contribution in [1.29, 1.82) is 0 Å². The number of benzene rings is 1. The molecule has 1 atom stereocenters. The second-order valence-corrected chi connectivity index (χ2v) is 3.83. The summed E-state index contributed by atoms with van der Waals surface area (Å²) in [4.78, 5) is 4.12. The van der Waals surface area contributed by atoms with Crippen LogP contribution in [0, 0.1) is 0 Å². The topological polar surface area (TPSA) is 53.4 Å². The first-order valence-electron chi connectivity index (χ1n) is 5.44. The van der Waals surface area contributed by atoms with E-state index >= 15 is 0 Å². The van der Waals surface area contributed by atoms with Crippen molar-refractivity contribution in [2.45, 2.75) is 18.9 Å². The number of hydrogen-bond acceptors (Lipinski definition) is 3. The first kappa shape index (κ1) is 11.0. The van der Waals surface area contributed by atoms with E-state index in [0.717, 1.165) is 16.3 Å². The average Bonchev–Trinajstić information content (AvgIpc) is 2.35. The maximum absolute atomic E-state index is 10.00. The Morgan fingerprint density at radius 2 is 2.00 bits per heavy atom. The number of nitrogens with zero attached hydrogens (tertiary/aromatic N) is 1. The van der Waals surface area contributed by atoms with Crippen LogP contribution in [0.5, 0.6) is 0 Å². The number of pyridine rings is 1. The Morgan fingerprint density at radius 1 is 1.19 bits per heavy atom. The lowest BCUT2D eigenvalue weighted by Crippen LogP contribution is -2.00. The van der Waals surface area contributed by atoms with Crippen LogP contribution in [-0.2, 0) is 0 Å². The molecule has 0 saturated heterocycles. The first-order valence-corrected chi connectivity index (χ1v) is 5.44. The Morgan fingerprint density at radius 3 is 2.81 bits per heavy atom. The van der Waals surface area contributed by atoms with Gasteiger partial charge in [-0.05, 0) is 18.2 Å². The molecule has 0 fully saturated rings. The number of aliphatic hydroxyl groups is 2. The molecule has 0 saturated carbocycles. The fraction of sp³-hybridized carbons (Fsp3) is 0.308. The van der Waals surface area contributed by atoms with Crippen LogP contribution in [-0.4, -0.2) is 21.8 Å². The highest BCUT2D eigenvalue weighted by molar-refractivity contribution is 5.84. The van der Waals surface area contributed by atoms with Crippen LogP contribution in [0.1, 0.15) is 24.5 Å². The predicted octanol–water partition coefficient (Wildman–Crippen LogP) is 2.04. The lowest BCUT2D eigenvalue weighted by atomic mass is 10.0. The van der Waals surface area contributed by atoms with E-state index in [1.165, 1.54) is 0 Å². The summed E-state index contributed by atoms with van der Waals surface area (Å²) in [5, 5.41) is 20.8. The van der Waals surface area contributed by atoms with Crippen molar-refractivity contribution >= 4 is 10.8 Å². The van der Waals surface area contributed by atoms with Gasteiger partial charge < -0.3 is 10.2 Å². The van der Waals surface area contributed by atoms with Gasteiger partial charge in [0.2, 0.25) is 0 Å². The Balaban J connectivity index is 2.36. The van der Waals surface area contributed by atoms with Crippen LogP contribution in [0.2, 0.25) is 0 Å². The van der Waals surface area contributed by atoms with E-state index in [1.807, 2.05) is 24.3 Å². The highest BCUT2D eigenvalue weighted by Crippen LogP contribution is 2.25. The fourth-order valence-corrected chi connectivity index (χ4v) is 1.85. The molecule has 0 aliphatic heterocycles. The molecule has 84 valence electrons. The molecule has 0 radical (unpaired) electrons. The molecule has 1 heterocycles. The van der Waals surface area contributed by atoms with E-state index < -0.39 is 6.10 Å². The second kappa shape index (κ2) is 5.05. The number of fused-ring (bicyclic) bond motifs is 1. The van der Waals surface area contributed by atoms with Gasteiger partial charge in [0.05, 0.1) is 6.10 Å². The monoisotopic (exact) mass is 217 g/mol. The quantitative estimate of drug-likeness (QED) is 0.824. The predicted molar refractivity (Wildman–Crippen MR) is 63.0 cm³/mol. The maximum Gasteiger partial charge on any atom is 0.0811 e. The van der Waals surface area contributed by atoms with Gasteiger partial charge in [-0.1, -0.05) is 24.3 Å². The minimum Gasteiger partial charge on any atom is -0.396 e. The van der Waals surface area contributed by atoms with Gasteiger partial charge in [-0.25, -0.2) is 0 Å². The van der Waals surface area contributed by atoms with Gasteiger partial charge in [0.25, 0.3) is 0 Å². The van der Waals surface area contributed by atoms with Crippen LogP contribution in [0.4, 0.5) is 0 Å². The highest BCUT2D eigenvalue weighted by Gasteiger charge is 2.10. The molecule has 1 unspecified atom stereocenters. The first-order chi connectivity index (χ1) is 7.83. The van der Waals surface area contributed by atoms with Crippen LogP contribution in [0.3, 0.4) is 0 Å². The van der Waals surface area contributed by atoms with E-state index in [0.29, 0.717) is 12.8 Å². The number of aliphatic hydroxyl groups excluding tert-OH is 2. The largest absolute Gasteiger partial charge is 0.396 e. The molecule has 0 aliphatic carbocycles. The van der Waals surface area contributed by atoms with E-state index in [9.17, 15) is 5.11 Å². The van der Waals surface area contributed by atoms with Crippen molar-refractivity contribution in [3.05, 3.63) is 42.2 Å². The number of rotatable bonds is 4. The molecule has 2 N–H and O–H groups in total. The molecule has 1 aromatic carbocycles. The molecule has 0 aliphatic rings. The van der Waals surface area contributed by atoms with Gasteiger partial charge in [0, 0.05) is 30.0 Å². The molecule has 3 nitrogen and oxygen atoms in total. The second-order valence-electron chi connectivity index (χ2n) is 3.83. The molecule has 16 heavy (non-hydrogen) atoms. The summed E-state index contributed by atoms with van der Waals surface area (Å²) in [6, 6.07) is 7.86. The van der Waals surface area contributed by atoms with Crippen LogP contribution in [0.15, 0.2) is 36.7 Å². The zero-order chi connectivity index (χ0) is 11.4. The van der Waals surface area contributed by atoms with Crippen molar-refractivity contribution in [2.75, 3.05) is 6.61 Å². The van der Waals surface area contributed by atoms with Gasteiger partial charge in [-0.3, -0.25) is 4.98 Å². The van der Waals surface area contributed by atoms with Crippen molar-refractivity contribution in [3.63, 3.8) is 0 Å². The average molecular weight is 217 g/mol. The van der Waals surface area contributed by atoms with Crippen molar-refractivity contribution in [2.24, 2.45) is 0 Å². The van der Waals surface area contributed by atoms with Crippen molar-refractivity contribution in [1.82, 2.24) is 4.98 Å². The third-order valence-corrected chi connectivity index (χ3v) is 2.69. The Hall–Kier alpha value is -1.45. The van der Waals surface area contributed by atoms with Gasteiger partial charge in [0.15, 0.2) is 0 Å². The fourth-order valence-electron chi connectivity index (χ4n) is 1.85. The zero-order valence-electron chi connectivity index (χ0n) is 9.00. The molecule has 0 spiro atoms.